The quantitative estimate of drug-likeness (QED) is 0.610. The third-order valence-corrected chi connectivity index (χ3v) is 6.75. The van der Waals surface area contributed by atoms with Crippen LogP contribution >= 0.6 is 0 Å². The van der Waals surface area contributed by atoms with Crippen LogP contribution in [0.5, 0.6) is 5.75 Å². The van der Waals surface area contributed by atoms with Crippen LogP contribution in [0.25, 0.3) is 11.1 Å². The molecule has 1 N–H and O–H groups in total. The van der Waals surface area contributed by atoms with E-state index >= 15 is 0 Å². The zero-order chi connectivity index (χ0) is 20.4. The van der Waals surface area contributed by atoms with E-state index in [0.717, 1.165) is 9.65 Å². The molecule has 0 aliphatic heterocycles. The summed E-state index contributed by atoms with van der Waals surface area (Å²) in [7, 11) is -3.48. The molecule has 1 aliphatic rings. The van der Waals surface area contributed by atoms with Crippen molar-refractivity contribution in [1.29, 1.82) is 0 Å². The SMILES string of the molecule is O=C(O)Cc1ccc(OCc2ccccc2)c(-c2cnn(S(=O)(=O)C3CC3)c2)c1. The molecule has 0 bridgehead atoms. The Labute approximate surface area is 168 Å². The van der Waals surface area contributed by atoms with Crippen molar-refractivity contribution in [3.63, 3.8) is 0 Å². The molecule has 0 unspecified atom stereocenters. The Bertz CT molecular complexity index is 1130. The van der Waals surface area contributed by atoms with Gasteiger partial charge in [0.25, 0.3) is 10.0 Å². The van der Waals surface area contributed by atoms with Gasteiger partial charge in [0.2, 0.25) is 0 Å². The summed E-state index contributed by atoms with van der Waals surface area (Å²) in [6.45, 7) is 0.334. The van der Waals surface area contributed by atoms with Crippen LogP contribution in [0, 0.1) is 0 Å². The average Bonchev–Trinajstić information content (AvgIpc) is 3.45. The first-order chi connectivity index (χ1) is 13.9. The number of carbonyl (C=O) groups is 1. The predicted octanol–water partition coefficient (Wildman–Crippen LogP) is 3.10. The summed E-state index contributed by atoms with van der Waals surface area (Å²) in [5.41, 5.74) is 2.75. The molecular weight excluding hydrogens is 392 g/mol. The molecule has 4 rings (SSSR count). The van der Waals surface area contributed by atoms with E-state index in [1.165, 1.54) is 12.4 Å². The van der Waals surface area contributed by atoms with Crippen LogP contribution in [0.1, 0.15) is 24.0 Å². The van der Waals surface area contributed by atoms with Gasteiger partial charge >= 0.3 is 5.97 Å². The standard InChI is InChI=1S/C21H20N2O5S/c24-21(25)11-16-6-9-20(28-14-15-4-2-1-3-5-15)19(10-16)17-12-22-23(13-17)29(26,27)18-7-8-18/h1-6,9-10,12-13,18H,7-8,11,14H2,(H,24,25). The lowest BCUT2D eigenvalue weighted by molar-refractivity contribution is -0.136. The average molecular weight is 412 g/mol. The van der Waals surface area contributed by atoms with Gasteiger partial charge in [-0.25, -0.2) is 8.42 Å². The molecule has 7 nitrogen and oxygen atoms in total. The maximum Gasteiger partial charge on any atom is 0.307 e. The highest BCUT2D eigenvalue weighted by Gasteiger charge is 2.37. The van der Waals surface area contributed by atoms with Crippen molar-refractivity contribution in [2.24, 2.45) is 0 Å². The Balaban J connectivity index is 1.67. The molecule has 0 spiro atoms. The molecule has 8 heteroatoms. The van der Waals surface area contributed by atoms with E-state index in [2.05, 4.69) is 5.10 Å². The van der Waals surface area contributed by atoms with E-state index in [4.69, 9.17) is 9.84 Å². The first kappa shape index (κ1) is 19.2. The monoisotopic (exact) mass is 412 g/mol. The van der Waals surface area contributed by atoms with Crippen molar-refractivity contribution in [1.82, 2.24) is 9.19 Å². The van der Waals surface area contributed by atoms with Crippen LogP contribution < -0.4 is 4.74 Å². The van der Waals surface area contributed by atoms with Crippen molar-refractivity contribution in [3.05, 3.63) is 72.1 Å². The molecule has 1 aliphatic carbocycles. The van der Waals surface area contributed by atoms with E-state index in [9.17, 15) is 13.2 Å². The van der Waals surface area contributed by atoms with Gasteiger partial charge in [-0.1, -0.05) is 36.4 Å². The molecule has 0 radical (unpaired) electrons. The van der Waals surface area contributed by atoms with Gasteiger partial charge in [0.05, 0.1) is 24.1 Å². The summed E-state index contributed by atoms with van der Waals surface area (Å²) in [6.07, 6.45) is 4.09. The van der Waals surface area contributed by atoms with E-state index in [1.807, 2.05) is 30.3 Å². The number of rotatable bonds is 8. The number of nitrogens with zero attached hydrogens (tertiary/aromatic N) is 2. The van der Waals surface area contributed by atoms with Crippen molar-refractivity contribution >= 4 is 16.0 Å². The van der Waals surface area contributed by atoms with E-state index in [1.54, 1.807) is 18.2 Å². The van der Waals surface area contributed by atoms with Crippen LogP contribution in [0.2, 0.25) is 0 Å². The summed E-state index contributed by atoms with van der Waals surface area (Å²) >= 11 is 0. The van der Waals surface area contributed by atoms with E-state index in [-0.39, 0.29) is 11.7 Å². The summed E-state index contributed by atoms with van der Waals surface area (Å²) < 4.78 is 31.8. The zero-order valence-electron chi connectivity index (χ0n) is 15.6. The fourth-order valence-electron chi connectivity index (χ4n) is 3.05. The van der Waals surface area contributed by atoms with Gasteiger partial charge in [-0.15, -0.1) is 0 Å². The molecule has 0 amide bonds. The largest absolute Gasteiger partial charge is 0.488 e. The summed E-state index contributed by atoms with van der Waals surface area (Å²) in [5, 5.41) is 12.8. The molecule has 0 saturated heterocycles. The highest BCUT2D eigenvalue weighted by Crippen LogP contribution is 2.34. The van der Waals surface area contributed by atoms with Crippen LogP contribution in [-0.4, -0.2) is 33.9 Å². The minimum absolute atomic E-state index is 0.138. The van der Waals surface area contributed by atoms with E-state index in [0.29, 0.717) is 41.9 Å². The van der Waals surface area contributed by atoms with Crippen molar-refractivity contribution < 1.29 is 23.1 Å². The minimum Gasteiger partial charge on any atom is -0.488 e. The summed E-state index contributed by atoms with van der Waals surface area (Å²) in [5.74, 6) is -0.410. The van der Waals surface area contributed by atoms with Gasteiger partial charge in [0.1, 0.15) is 12.4 Å². The topological polar surface area (TPSA) is 98.5 Å². The molecule has 3 aromatic rings. The Kier molecular flexibility index (Phi) is 5.10. The third kappa shape index (κ3) is 4.32. The molecule has 29 heavy (non-hydrogen) atoms. The molecule has 150 valence electrons. The number of benzene rings is 2. The minimum atomic E-state index is -3.48. The summed E-state index contributed by atoms with van der Waals surface area (Å²) in [4.78, 5) is 11.1. The Morgan fingerprint density at radius 2 is 1.90 bits per heavy atom. The second kappa shape index (κ2) is 7.71. The van der Waals surface area contributed by atoms with Gasteiger partial charge in [-0.3, -0.25) is 4.79 Å². The number of aromatic nitrogens is 2. The molecule has 1 heterocycles. The molecule has 1 fully saturated rings. The second-order valence-corrected chi connectivity index (χ2v) is 9.09. The Morgan fingerprint density at radius 3 is 2.59 bits per heavy atom. The number of ether oxygens (including phenoxy) is 1. The van der Waals surface area contributed by atoms with Crippen molar-refractivity contribution in [2.75, 3.05) is 0 Å². The fourth-order valence-corrected chi connectivity index (χ4v) is 4.53. The lowest BCUT2D eigenvalue weighted by Gasteiger charge is -2.12. The first-order valence-corrected chi connectivity index (χ1v) is 10.7. The van der Waals surface area contributed by atoms with Gasteiger partial charge in [0.15, 0.2) is 0 Å². The van der Waals surface area contributed by atoms with Crippen LogP contribution in [0.15, 0.2) is 60.9 Å². The third-order valence-electron chi connectivity index (χ3n) is 4.71. The lowest BCUT2D eigenvalue weighted by Crippen LogP contribution is -2.17. The van der Waals surface area contributed by atoms with Gasteiger partial charge in [-0.05, 0) is 36.1 Å². The van der Waals surface area contributed by atoms with Crippen molar-refractivity contribution in [2.45, 2.75) is 31.1 Å². The predicted molar refractivity (Wildman–Crippen MR) is 107 cm³/mol. The fraction of sp³-hybridized carbons (Fsp3) is 0.238. The smallest absolute Gasteiger partial charge is 0.307 e. The maximum atomic E-state index is 12.4. The molecule has 2 aromatic carbocycles. The van der Waals surface area contributed by atoms with Crippen molar-refractivity contribution in [3.8, 4) is 16.9 Å². The number of aliphatic carboxylic acids is 1. The Hall–Kier alpha value is -3.13. The van der Waals surface area contributed by atoms with Gasteiger partial charge in [0, 0.05) is 11.1 Å². The number of carboxylic acids is 1. The molecule has 0 atom stereocenters. The number of hydrogen-bond acceptors (Lipinski definition) is 5. The molecule has 1 saturated carbocycles. The highest BCUT2D eigenvalue weighted by atomic mass is 32.2. The normalized spacial score (nSPS) is 13.9. The van der Waals surface area contributed by atoms with Gasteiger partial charge < -0.3 is 9.84 Å². The number of hydrogen-bond donors (Lipinski definition) is 1. The lowest BCUT2D eigenvalue weighted by atomic mass is 10.0. The van der Waals surface area contributed by atoms with Crippen LogP contribution in [0.3, 0.4) is 0 Å². The van der Waals surface area contributed by atoms with Crippen LogP contribution in [-0.2, 0) is 27.8 Å². The summed E-state index contributed by atoms with van der Waals surface area (Å²) in [6, 6.07) is 14.8. The second-order valence-electron chi connectivity index (χ2n) is 7.02. The first-order valence-electron chi connectivity index (χ1n) is 9.24. The molecule has 1 aromatic heterocycles. The van der Waals surface area contributed by atoms with Gasteiger partial charge in [-0.2, -0.15) is 9.19 Å². The highest BCUT2D eigenvalue weighted by molar-refractivity contribution is 7.90. The number of carboxylic acid groups (broad SMARTS) is 1. The maximum absolute atomic E-state index is 12.4. The zero-order valence-corrected chi connectivity index (χ0v) is 16.4. The molecular formula is C21H20N2O5S. The van der Waals surface area contributed by atoms with Crippen LogP contribution in [0.4, 0.5) is 0 Å². The van der Waals surface area contributed by atoms with E-state index < -0.39 is 16.0 Å². The Morgan fingerprint density at radius 1 is 1.14 bits per heavy atom.